The number of aromatic nitrogens is 2. The van der Waals surface area contributed by atoms with Gasteiger partial charge >= 0.3 is 0 Å². The minimum atomic E-state index is -2.00. The standard InChI is InChI=1S/C31H42N2O5SSi/c1-18-19(2)26-27(20(3)25(18)38-40(10,11)29(4,5)6)39-17-31(9,36-26)28-32-24(33-37-28)15-13-21-12-14-22-23(16-21)35-30(7,8)34-22/h12,14,16H,13,15,17H2,1-11H3. The summed E-state index contributed by atoms with van der Waals surface area (Å²) in [5.41, 5.74) is 3.78. The summed E-state index contributed by atoms with van der Waals surface area (Å²) in [6, 6.07) is 6.04. The fraction of sp³-hybridized carbons (Fsp3) is 0.548. The second-order valence-electron chi connectivity index (χ2n) is 13.2. The van der Waals surface area contributed by atoms with Crippen molar-refractivity contribution in [3.63, 3.8) is 0 Å². The van der Waals surface area contributed by atoms with Gasteiger partial charge in [0.05, 0.1) is 4.90 Å². The second kappa shape index (κ2) is 9.72. The first-order valence-electron chi connectivity index (χ1n) is 14.0. The molecule has 3 aromatic rings. The van der Waals surface area contributed by atoms with Crippen LogP contribution < -0.4 is 18.6 Å². The van der Waals surface area contributed by atoms with E-state index in [2.05, 4.69) is 65.9 Å². The molecule has 0 saturated carbocycles. The van der Waals surface area contributed by atoms with Gasteiger partial charge in [-0.3, -0.25) is 0 Å². The normalized spacial score (nSPS) is 19.8. The van der Waals surface area contributed by atoms with Crippen LogP contribution in [0.15, 0.2) is 27.6 Å². The summed E-state index contributed by atoms with van der Waals surface area (Å²) >= 11 is 1.78. The second-order valence-corrected chi connectivity index (χ2v) is 19.0. The first-order valence-corrected chi connectivity index (χ1v) is 17.9. The van der Waals surface area contributed by atoms with Crippen LogP contribution in [0.5, 0.6) is 23.0 Å². The quantitative estimate of drug-likeness (QED) is 0.270. The van der Waals surface area contributed by atoms with Crippen LogP contribution in [-0.2, 0) is 18.4 Å². The summed E-state index contributed by atoms with van der Waals surface area (Å²) < 4.78 is 31.0. The van der Waals surface area contributed by atoms with E-state index in [1.807, 2.05) is 32.9 Å². The molecule has 2 aliphatic heterocycles. The molecule has 2 aliphatic rings. The topological polar surface area (TPSA) is 75.8 Å². The van der Waals surface area contributed by atoms with Crippen molar-refractivity contribution < 1.29 is 23.2 Å². The third kappa shape index (κ3) is 5.22. The Morgan fingerprint density at radius 2 is 1.65 bits per heavy atom. The smallest absolute Gasteiger partial charge is 0.271 e. The molecule has 0 radical (unpaired) electrons. The third-order valence-electron chi connectivity index (χ3n) is 8.39. The van der Waals surface area contributed by atoms with E-state index in [1.165, 1.54) is 0 Å². The largest absolute Gasteiger partial charge is 0.543 e. The molecule has 1 aromatic heterocycles. The predicted octanol–water partition coefficient (Wildman–Crippen LogP) is 8.07. The van der Waals surface area contributed by atoms with Crippen LogP contribution in [0.2, 0.25) is 18.1 Å². The number of fused-ring (bicyclic) bond motifs is 2. The van der Waals surface area contributed by atoms with Gasteiger partial charge in [0, 0.05) is 31.6 Å². The Kier molecular flexibility index (Phi) is 7.01. The highest BCUT2D eigenvalue weighted by Crippen LogP contribution is 2.51. The van der Waals surface area contributed by atoms with Crippen LogP contribution in [0.3, 0.4) is 0 Å². The Morgan fingerprint density at radius 3 is 2.35 bits per heavy atom. The van der Waals surface area contributed by atoms with E-state index in [9.17, 15) is 0 Å². The number of ether oxygens (including phenoxy) is 3. The molecule has 7 nitrogen and oxygen atoms in total. The van der Waals surface area contributed by atoms with Gasteiger partial charge in [0.15, 0.2) is 22.9 Å². The number of nitrogens with zero attached hydrogens (tertiary/aromatic N) is 2. The van der Waals surface area contributed by atoms with E-state index in [4.69, 9.17) is 28.1 Å². The van der Waals surface area contributed by atoms with Gasteiger partial charge in [-0.05, 0) is 81.1 Å². The number of hydrogen-bond acceptors (Lipinski definition) is 8. The summed E-state index contributed by atoms with van der Waals surface area (Å²) in [6.45, 7) is 23.6. The first kappa shape index (κ1) is 28.9. The molecule has 216 valence electrons. The molecule has 0 spiro atoms. The van der Waals surface area contributed by atoms with E-state index in [-0.39, 0.29) is 5.04 Å². The van der Waals surface area contributed by atoms with Crippen LogP contribution in [0, 0.1) is 20.8 Å². The zero-order valence-corrected chi connectivity index (χ0v) is 27.5. The van der Waals surface area contributed by atoms with Crippen LogP contribution >= 0.6 is 11.8 Å². The Labute approximate surface area is 243 Å². The fourth-order valence-corrected chi connectivity index (χ4v) is 7.10. The maximum absolute atomic E-state index is 6.83. The summed E-state index contributed by atoms with van der Waals surface area (Å²) in [6.07, 6.45) is 1.41. The molecule has 0 saturated heterocycles. The lowest BCUT2D eigenvalue weighted by atomic mass is 10.0. The minimum absolute atomic E-state index is 0.118. The van der Waals surface area contributed by atoms with Crippen LogP contribution in [0.1, 0.15) is 75.5 Å². The van der Waals surface area contributed by atoms with Crippen LogP contribution in [-0.4, -0.2) is 30.0 Å². The molecule has 5 rings (SSSR count). The number of hydrogen-bond donors (Lipinski definition) is 0. The van der Waals surface area contributed by atoms with Gasteiger partial charge in [0.25, 0.3) is 14.2 Å². The maximum Gasteiger partial charge on any atom is 0.271 e. The number of rotatable bonds is 6. The monoisotopic (exact) mass is 582 g/mol. The third-order valence-corrected chi connectivity index (χ3v) is 14.2. The molecule has 0 N–H and O–H groups in total. The molecule has 0 aliphatic carbocycles. The summed E-state index contributed by atoms with van der Waals surface area (Å²) in [4.78, 5) is 5.90. The van der Waals surface area contributed by atoms with Crippen molar-refractivity contribution in [3.8, 4) is 23.0 Å². The Balaban J connectivity index is 1.33. The van der Waals surface area contributed by atoms with E-state index in [0.29, 0.717) is 23.9 Å². The molecule has 0 amide bonds. The first-order chi connectivity index (χ1) is 18.5. The molecule has 0 bridgehead atoms. The lowest BCUT2D eigenvalue weighted by Gasteiger charge is -2.39. The molecule has 1 unspecified atom stereocenters. The van der Waals surface area contributed by atoms with Crippen LogP contribution in [0.4, 0.5) is 0 Å². The molecule has 2 aromatic carbocycles. The maximum atomic E-state index is 6.83. The molecule has 40 heavy (non-hydrogen) atoms. The number of aryl methyl sites for hydroxylation is 2. The molecule has 1 atom stereocenters. The highest BCUT2D eigenvalue weighted by Gasteiger charge is 2.43. The average molecular weight is 583 g/mol. The lowest BCUT2D eigenvalue weighted by molar-refractivity contribution is -0.0431. The van der Waals surface area contributed by atoms with Gasteiger partial charge in [-0.1, -0.05) is 32.0 Å². The van der Waals surface area contributed by atoms with Crippen molar-refractivity contribution in [1.29, 1.82) is 0 Å². The van der Waals surface area contributed by atoms with Gasteiger partial charge in [-0.2, -0.15) is 4.98 Å². The van der Waals surface area contributed by atoms with Crippen molar-refractivity contribution in [2.24, 2.45) is 0 Å². The number of thioether (sulfide) groups is 1. The molecular weight excluding hydrogens is 541 g/mol. The number of benzene rings is 2. The SMILES string of the molecule is Cc1c(C)c2c(c(C)c1O[Si](C)(C)C(C)(C)C)SCC(C)(c1nc(CCc3ccc4c(c3)OC(C)(C)O4)no1)O2. The minimum Gasteiger partial charge on any atom is -0.543 e. The summed E-state index contributed by atoms with van der Waals surface area (Å²) in [5, 5.41) is 4.41. The van der Waals surface area contributed by atoms with Gasteiger partial charge in [0.2, 0.25) is 5.79 Å². The van der Waals surface area contributed by atoms with Crippen molar-refractivity contribution in [1.82, 2.24) is 10.1 Å². The predicted molar refractivity (Wildman–Crippen MR) is 161 cm³/mol. The molecule has 3 heterocycles. The van der Waals surface area contributed by atoms with Crippen molar-refractivity contribution in [2.75, 3.05) is 5.75 Å². The zero-order chi connectivity index (χ0) is 29.3. The van der Waals surface area contributed by atoms with Crippen molar-refractivity contribution in [3.05, 3.63) is 52.2 Å². The summed E-state index contributed by atoms with van der Waals surface area (Å²) in [5.74, 6) is 4.64. The van der Waals surface area contributed by atoms with Gasteiger partial charge in [0.1, 0.15) is 11.5 Å². The van der Waals surface area contributed by atoms with E-state index >= 15 is 0 Å². The zero-order valence-electron chi connectivity index (χ0n) is 25.7. The fourth-order valence-electron chi connectivity index (χ4n) is 4.74. The Morgan fingerprint density at radius 1 is 0.950 bits per heavy atom. The Bertz CT molecular complexity index is 1460. The average Bonchev–Trinajstić information content (AvgIpc) is 3.46. The van der Waals surface area contributed by atoms with Gasteiger partial charge in [-0.15, -0.1) is 11.8 Å². The van der Waals surface area contributed by atoms with Gasteiger partial charge < -0.3 is 23.2 Å². The summed E-state index contributed by atoms with van der Waals surface area (Å²) in [7, 11) is -2.00. The van der Waals surface area contributed by atoms with Crippen LogP contribution in [0.25, 0.3) is 0 Å². The Hall–Kier alpha value is -2.65. The molecular formula is C31H42N2O5SSi. The highest BCUT2D eigenvalue weighted by molar-refractivity contribution is 7.99. The molecule has 9 heteroatoms. The van der Waals surface area contributed by atoms with E-state index < -0.39 is 19.7 Å². The lowest BCUT2D eigenvalue weighted by Crippen LogP contribution is -2.44. The van der Waals surface area contributed by atoms with Crippen molar-refractivity contribution >= 4 is 20.1 Å². The van der Waals surface area contributed by atoms with E-state index in [1.54, 1.807) is 11.8 Å². The van der Waals surface area contributed by atoms with E-state index in [0.717, 1.165) is 56.6 Å². The van der Waals surface area contributed by atoms with Gasteiger partial charge in [-0.25, -0.2) is 0 Å². The molecule has 0 fully saturated rings. The highest BCUT2D eigenvalue weighted by atomic mass is 32.2. The van der Waals surface area contributed by atoms with Crippen molar-refractivity contribution in [2.45, 2.75) is 110 Å².